The predicted octanol–water partition coefficient (Wildman–Crippen LogP) is 3.82. The molecule has 2 aromatic carbocycles. The van der Waals surface area contributed by atoms with Crippen LogP contribution in [0.25, 0.3) is 11.3 Å². The highest BCUT2D eigenvalue weighted by molar-refractivity contribution is 5.61. The molecule has 0 aliphatic carbocycles. The van der Waals surface area contributed by atoms with Gasteiger partial charge in [-0.05, 0) is 42.0 Å². The second-order valence-corrected chi connectivity index (χ2v) is 5.78. The third-order valence-electron chi connectivity index (χ3n) is 4.05. The molecule has 26 heavy (non-hydrogen) atoms. The molecule has 3 rings (SSSR count). The average Bonchev–Trinajstić information content (AvgIpc) is 3.08. The van der Waals surface area contributed by atoms with E-state index in [1.165, 1.54) is 12.1 Å². The summed E-state index contributed by atoms with van der Waals surface area (Å²) in [5.41, 5.74) is 3.47. The number of imidazole rings is 1. The molecule has 0 fully saturated rings. The number of anilines is 1. The molecule has 5 nitrogen and oxygen atoms in total. The second-order valence-electron chi connectivity index (χ2n) is 5.78. The summed E-state index contributed by atoms with van der Waals surface area (Å²) in [7, 11) is 1.65. The predicted molar refractivity (Wildman–Crippen MR) is 98.0 cm³/mol. The van der Waals surface area contributed by atoms with E-state index in [1.807, 2.05) is 16.7 Å². The average molecular weight is 350 g/mol. The van der Waals surface area contributed by atoms with Crippen molar-refractivity contribution in [2.75, 3.05) is 19.0 Å². The molecule has 0 aliphatic heterocycles. The smallest absolute Gasteiger partial charge is 0.203 e. The van der Waals surface area contributed by atoms with Crippen LogP contribution >= 0.6 is 0 Å². The highest BCUT2D eigenvalue weighted by atomic mass is 19.1. The van der Waals surface area contributed by atoms with E-state index in [0.29, 0.717) is 31.2 Å². The fourth-order valence-corrected chi connectivity index (χ4v) is 2.66. The number of benzene rings is 2. The van der Waals surface area contributed by atoms with Crippen molar-refractivity contribution in [1.29, 1.82) is 5.26 Å². The van der Waals surface area contributed by atoms with E-state index in [0.717, 1.165) is 16.8 Å². The first-order chi connectivity index (χ1) is 12.7. The van der Waals surface area contributed by atoms with Crippen LogP contribution in [0.5, 0.6) is 0 Å². The lowest BCUT2D eigenvalue weighted by Gasteiger charge is -2.13. The monoisotopic (exact) mass is 350 g/mol. The lowest BCUT2D eigenvalue weighted by Crippen LogP contribution is -2.11. The van der Waals surface area contributed by atoms with Gasteiger partial charge in [-0.1, -0.05) is 12.1 Å². The highest BCUT2D eigenvalue weighted by Crippen LogP contribution is 2.24. The van der Waals surface area contributed by atoms with E-state index in [9.17, 15) is 4.39 Å². The van der Waals surface area contributed by atoms with Gasteiger partial charge in [0.15, 0.2) is 0 Å². The van der Waals surface area contributed by atoms with Gasteiger partial charge in [0.2, 0.25) is 5.95 Å². The van der Waals surface area contributed by atoms with E-state index < -0.39 is 0 Å². The molecule has 0 saturated heterocycles. The van der Waals surface area contributed by atoms with Gasteiger partial charge >= 0.3 is 0 Å². The van der Waals surface area contributed by atoms with E-state index in [-0.39, 0.29) is 5.82 Å². The number of aromatic nitrogens is 2. The maximum absolute atomic E-state index is 13.2. The molecule has 0 saturated carbocycles. The van der Waals surface area contributed by atoms with Crippen LogP contribution in [0.2, 0.25) is 0 Å². The number of hydrogen-bond donors (Lipinski definition) is 1. The molecule has 1 N–H and O–H groups in total. The van der Waals surface area contributed by atoms with E-state index in [1.54, 1.807) is 37.6 Å². The molecule has 3 aromatic rings. The molecule has 0 atom stereocenters. The van der Waals surface area contributed by atoms with Crippen LogP contribution in [0.1, 0.15) is 11.1 Å². The minimum absolute atomic E-state index is 0.268. The van der Waals surface area contributed by atoms with Crippen LogP contribution in [-0.2, 0) is 17.8 Å². The fourth-order valence-electron chi connectivity index (χ4n) is 2.66. The Morgan fingerprint density at radius 1 is 1.15 bits per heavy atom. The zero-order valence-corrected chi connectivity index (χ0v) is 14.4. The number of nitrogens with one attached hydrogen (secondary N) is 1. The Balaban J connectivity index is 1.81. The van der Waals surface area contributed by atoms with E-state index in [4.69, 9.17) is 10.00 Å². The third kappa shape index (κ3) is 4.08. The number of rotatable bonds is 7. The zero-order valence-electron chi connectivity index (χ0n) is 14.4. The third-order valence-corrected chi connectivity index (χ3v) is 4.05. The van der Waals surface area contributed by atoms with Gasteiger partial charge in [0.25, 0.3) is 0 Å². The fraction of sp³-hybridized carbons (Fsp3) is 0.200. The van der Waals surface area contributed by atoms with Crippen molar-refractivity contribution in [1.82, 2.24) is 9.55 Å². The van der Waals surface area contributed by atoms with Crippen molar-refractivity contribution in [3.8, 4) is 17.3 Å². The molecule has 0 aliphatic rings. The molecule has 0 radical (unpaired) electrons. The van der Waals surface area contributed by atoms with Crippen molar-refractivity contribution in [2.45, 2.75) is 13.1 Å². The lowest BCUT2D eigenvalue weighted by molar-refractivity contribution is 0.188. The van der Waals surface area contributed by atoms with Crippen LogP contribution in [0.15, 0.2) is 54.7 Å². The van der Waals surface area contributed by atoms with Gasteiger partial charge in [-0.15, -0.1) is 0 Å². The Bertz CT molecular complexity index is 895. The summed E-state index contributed by atoms with van der Waals surface area (Å²) >= 11 is 0. The molecule has 1 heterocycles. The van der Waals surface area contributed by atoms with Crippen molar-refractivity contribution in [3.05, 3.63) is 71.7 Å². The van der Waals surface area contributed by atoms with E-state index >= 15 is 0 Å². The van der Waals surface area contributed by atoms with Crippen molar-refractivity contribution < 1.29 is 9.13 Å². The summed E-state index contributed by atoms with van der Waals surface area (Å²) in [6.45, 7) is 1.74. The number of nitriles is 1. The van der Waals surface area contributed by atoms with Crippen molar-refractivity contribution >= 4 is 5.95 Å². The number of ether oxygens (including phenoxy) is 1. The van der Waals surface area contributed by atoms with Gasteiger partial charge in [-0.25, -0.2) is 9.37 Å². The molecule has 6 heteroatoms. The molecular formula is C20H19FN4O. The first kappa shape index (κ1) is 17.6. The Labute approximate surface area is 151 Å². The maximum atomic E-state index is 13.2. The van der Waals surface area contributed by atoms with E-state index in [2.05, 4.69) is 16.4 Å². The summed E-state index contributed by atoms with van der Waals surface area (Å²) in [5.74, 6) is 0.446. The Morgan fingerprint density at radius 2 is 1.88 bits per heavy atom. The normalized spacial score (nSPS) is 10.5. The van der Waals surface area contributed by atoms with Gasteiger partial charge in [-0.2, -0.15) is 5.26 Å². The summed E-state index contributed by atoms with van der Waals surface area (Å²) in [5, 5.41) is 12.2. The topological polar surface area (TPSA) is 62.9 Å². The van der Waals surface area contributed by atoms with Crippen LogP contribution in [-0.4, -0.2) is 23.3 Å². The number of nitrogens with zero attached hydrogens (tertiary/aromatic N) is 3. The number of halogens is 1. The quantitative estimate of drug-likeness (QED) is 0.704. The summed E-state index contributed by atoms with van der Waals surface area (Å²) < 4.78 is 20.4. The summed E-state index contributed by atoms with van der Waals surface area (Å²) in [4.78, 5) is 4.47. The minimum atomic E-state index is -0.268. The zero-order chi connectivity index (χ0) is 18.4. The molecule has 0 amide bonds. The molecule has 132 valence electrons. The van der Waals surface area contributed by atoms with Crippen LogP contribution in [0.4, 0.5) is 10.3 Å². The standard InChI is InChI=1S/C20H19FN4O/c1-26-11-10-25-19(17-6-8-18(21)9-7-17)14-24-20(25)23-13-16-4-2-15(12-22)3-5-16/h2-9,14H,10-11,13H2,1H3,(H,23,24). The Hall–Kier alpha value is -3.17. The summed E-state index contributed by atoms with van der Waals surface area (Å²) in [6.07, 6.45) is 1.77. The van der Waals surface area contributed by atoms with Crippen molar-refractivity contribution in [3.63, 3.8) is 0 Å². The summed E-state index contributed by atoms with van der Waals surface area (Å²) in [6, 6.07) is 15.9. The van der Waals surface area contributed by atoms with Gasteiger partial charge in [0.1, 0.15) is 5.82 Å². The van der Waals surface area contributed by atoms with Gasteiger partial charge in [0, 0.05) is 25.8 Å². The molecule has 1 aromatic heterocycles. The van der Waals surface area contributed by atoms with Gasteiger partial charge < -0.3 is 14.6 Å². The molecule has 0 spiro atoms. The molecule has 0 bridgehead atoms. The first-order valence-corrected chi connectivity index (χ1v) is 8.24. The molecular weight excluding hydrogens is 331 g/mol. The SMILES string of the molecule is COCCn1c(-c2ccc(F)cc2)cnc1NCc1ccc(C#N)cc1. The van der Waals surface area contributed by atoms with Crippen LogP contribution in [0.3, 0.4) is 0 Å². The lowest BCUT2D eigenvalue weighted by atomic mass is 10.1. The van der Waals surface area contributed by atoms with Crippen molar-refractivity contribution in [2.24, 2.45) is 0 Å². The maximum Gasteiger partial charge on any atom is 0.203 e. The minimum Gasteiger partial charge on any atom is -0.383 e. The number of methoxy groups -OCH3 is 1. The van der Waals surface area contributed by atoms with Crippen LogP contribution < -0.4 is 5.32 Å². The Morgan fingerprint density at radius 3 is 2.54 bits per heavy atom. The number of hydrogen-bond acceptors (Lipinski definition) is 4. The second kappa shape index (κ2) is 8.28. The Kier molecular flexibility index (Phi) is 5.62. The largest absolute Gasteiger partial charge is 0.383 e. The molecule has 0 unspecified atom stereocenters. The first-order valence-electron chi connectivity index (χ1n) is 8.24. The van der Waals surface area contributed by atoms with Gasteiger partial charge in [-0.3, -0.25) is 0 Å². The highest BCUT2D eigenvalue weighted by Gasteiger charge is 2.12. The van der Waals surface area contributed by atoms with Crippen LogP contribution in [0, 0.1) is 17.1 Å². The van der Waals surface area contributed by atoms with Gasteiger partial charge in [0.05, 0.1) is 30.1 Å².